The second kappa shape index (κ2) is 11.4. The standard InChI is InChI=1S/C51H38N4/c52-30-31-14-20-41-39-10-4-6-12-43(39)51(46(41)25-31)44-13-7-5-11-40(44)42-26-37(17-21-45(42)51)49-54-47(35-8-2-1-3-9-35)53-48(55-49)36-15-18-38(19-16-36)50-27-32-22-33(28-50)24-34(23-32)29-50/h1-21,25-26,32-34H,22-24,27-29H2/t32-,33-,34-,50?,51?. The van der Waals surface area contributed by atoms with E-state index in [9.17, 15) is 5.26 Å². The second-order valence-corrected chi connectivity index (χ2v) is 16.9. The molecule has 1 spiro atoms. The van der Waals surface area contributed by atoms with Gasteiger partial charge in [-0.3, -0.25) is 0 Å². The van der Waals surface area contributed by atoms with Crippen LogP contribution in [0.5, 0.6) is 0 Å². The smallest absolute Gasteiger partial charge is 0.164 e. The predicted molar refractivity (Wildman–Crippen MR) is 217 cm³/mol. The first kappa shape index (κ1) is 31.2. The lowest BCUT2D eigenvalue weighted by atomic mass is 9.48. The monoisotopic (exact) mass is 706 g/mol. The van der Waals surface area contributed by atoms with Crippen molar-refractivity contribution < 1.29 is 0 Å². The van der Waals surface area contributed by atoms with Gasteiger partial charge in [0.15, 0.2) is 17.5 Å². The molecule has 4 heteroatoms. The van der Waals surface area contributed by atoms with Gasteiger partial charge in [0.2, 0.25) is 0 Å². The van der Waals surface area contributed by atoms with Gasteiger partial charge in [-0.2, -0.15) is 5.26 Å². The summed E-state index contributed by atoms with van der Waals surface area (Å²) in [6.45, 7) is 0. The third-order valence-electron chi connectivity index (χ3n) is 13.9. The minimum atomic E-state index is -0.527. The van der Waals surface area contributed by atoms with Crippen LogP contribution < -0.4 is 0 Å². The highest BCUT2D eigenvalue weighted by molar-refractivity contribution is 5.96. The highest BCUT2D eigenvalue weighted by atomic mass is 15.0. The highest BCUT2D eigenvalue weighted by Crippen LogP contribution is 2.63. The Kier molecular flexibility index (Phi) is 6.48. The summed E-state index contributed by atoms with van der Waals surface area (Å²) in [5.41, 5.74) is 14.6. The van der Waals surface area contributed by atoms with Gasteiger partial charge in [0, 0.05) is 16.7 Å². The van der Waals surface area contributed by atoms with E-state index in [4.69, 9.17) is 15.0 Å². The number of nitriles is 1. The molecule has 1 heterocycles. The van der Waals surface area contributed by atoms with Crippen molar-refractivity contribution in [2.24, 2.45) is 17.8 Å². The normalized spacial score (nSPS) is 24.6. The molecule has 6 aliphatic carbocycles. The van der Waals surface area contributed by atoms with Crippen molar-refractivity contribution >= 4 is 0 Å². The van der Waals surface area contributed by atoms with Gasteiger partial charge in [0.05, 0.1) is 17.0 Å². The number of fused-ring (bicyclic) bond motifs is 10. The van der Waals surface area contributed by atoms with E-state index in [1.54, 1.807) is 0 Å². The summed E-state index contributed by atoms with van der Waals surface area (Å²) in [7, 11) is 0. The lowest BCUT2D eigenvalue weighted by Gasteiger charge is -2.57. The van der Waals surface area contributed by atoms with Gasteiger partial charge in [-0.15, -0.1) is 0 Å². The van der Waals surface area contributed by atoms with Crippen molar-refractivity contribution in [1.82, 2.24) is 15.0 Å². The van der Waals surface area contributed by atoms with Crippen LogP contribution in [0.3, 0.4) is 0 Å². The minimum Gasteiger partial charge on any atom is -0.208 e. The fraction of sp³-hybridized carbons (Fsp3) is 0.216. The Morgan fingerprint density at radius 1 is 0.455 bits per heavy atom. The van der Waals surface area contributed by atoms with Crippen molar-refractivity contribution in [1.29, 1.82) is 5.26 Å². The van der Waals surface area contributed by atoms with Gasteiger partial charge >= 0.3 is 0 Å². The van der Waals surface area contributed by atoms with E-state index in [0.717, 1.165) is 40.0 Å². The Morgan fingerprint density at radius 2 is 0.964 bits per heavy atom. The summed E-state index contributed by atoms with van der Waals surface area (Å²) in [4.78, 5) is 15.5. The summed E-state index contributed by atoms with van der Waals surface area (Å²) < 4.78 is 0. The van der Waals surface area contributed by atoms with Crippen LogP contribution in [0.25, 0.3) is 56.4 Å². The number of hydrogen-bond donors (Lipinski definition) is 0. The number of aromatic nitrogens is 3. The molecule has 262 valence electrons. The van der Waals surface area contributed by atoms with E-state index in [1.807, 2.05) is 24.3 Å². The molecule has 55 heavy (non-hydrogen) atoms. The third-order valence-corrected chi connectivity index (χ3v) is 13.9. The zero-order valence-electron chi connectivity index (χ0n) is 30.5. The van der Waals surface area contributed by atoms with Crippen LogP contribution in [0.15, 0.2) is 140 Å². The summed E-state index contributed by atoms with van der Waals surface area (Å²) in [5, 5.41) is 10.0. The number of rotatable bonds is 4. The Labute approximate surface area is 321 Å². The molecule has 0 aliphatic heterocycles. The van der Waals surface area contributed by atoms with Gasteiger partial charge in [-0.25, -0.2) is 15.0 Å². The Balaban J connectivity index is 1.01. The SMILES string of the molecule is N#Cc1ccc2c(c1)C1(c3ccccc3-c3cc(-c4nc(-c5ccccc5)nc(-c5ccc(C67C[C@H]8C[C@H](C6)C[C@@H](C7)C8)cc5)n4)ccc31)c1ccccc1-2. The Hall–Kier alpha value is -6.18. The first-order valence-electron chi connectivity index (χ1n) is 19.9. The van der Waals surface area contributed by atoms with Crippen LogP contribution in [-0.4, -0.2) is 15.0 Å². The van der Waals surface area contributed by atoms with Crippen LogP contribution in [0.1, 0.15) is 71.9 Å². The van der Waals surface area contributed by atoms with E-state index in [1.165, 1.54) is 83.0 Å². The second-order valence-electron chi connectivity index (χ2n) is 16.9. The van der Waals surface area contributed by atoms with Crippen LogP contribution in [0, 0.1) is 29.1 Å². The van der Waals surface area contributed by atoms with Crippen LogP contribution in [0.4, 0.5) is 0 Å². The molecule has 0 radical (unpaired) electrons. The number of benzene rings is 6. The molecule has 13 rings (SSSR count). The van der Waals surface area contributed by atoms with Gasteiger partial charge < -0.3 is 0 Å². The number of nitrogens with zero attached hydrogens (tertiary/aromatic N) is 4. The van der Waals surface area contributed by atoms with Gasteiger partial charge in [0.1, 0.15) is 0 Å². The minimum absolute atomic E-state index is 0.349. The van der Waals surface area contributed by atoms with E-state index in [2.05, 4.69) is 121 Å². The molecule has 4 saturated carbocycles. The van der Waals surface area contributed by atoms with Crippen molar-refractivity contribution in [3.63, 3.8) is 0 Å². The molecule has 0 amide bonds. The van der Waals surface area contributed by atoms with Gasteiger partial charge in [-0.05, 0) is 130 Å². The maximum absolute atomic E-state index is 10.0. The van der Waals surface area contributed by atoms with Crippen LogP contribution in [0.2, 0.25) is 0 Å². The first-order chi connectivity index (χ1) is 27.1. The molecule has 6 aliphatic rings. The Bertz CT molecular complexity index is 2720. The lowest BCUT2D eigenvalue weighted by molar-refractivity contribution is -0.00518. The summed E-state index contributed by atoms with van der Waals surface area (Å²) in [5.74, 6) is 4.76. The van der Waals surface area contributed by atoms with Crippen LogP contribution >= 0.6 is 0 Å². The molecule has 4 bridgehead atoms. The molecule has 4 nitrogen and oxygen atoms in total. The van der Waals surface area contributed by atoms with E-state index >= 15 is 0 Å². The molecule has 6 aromatic carbocycles. The van der Waals surface area contributed by atoms with Crippen molar-refractivity contribution in [3.8, 4) is 62.5 Å². The molecule has 0 N–H and O–H groups in total. The fourth-order valence-electron chi connectivity index (χ4n) is 12.1. The average molecular weight is 707 g/mol. The highest BCUT2D eigenvalue weighted by Gasteiger charge is 2.53. The fourth-order valence-corrected chi connectivity index (χ4v) is 12.1. The zero-order chi connectivity index (χ0) is 36.3. The van der Waals surface area contributed by atoms with Gasteiger partial charge in [0.25, 0.3) is 0 Å². The number of hydrogen-bond acceptors (Lipinski definition) is 4. The lowest BCUT2D eigenvalue weighted by Crippen LogP contribution is -2.48. The van der Waals surface area contributed by atoms with E-state index < -0.39 is 5.41 Å². The van der Waals surface area contributed by atoms with Crippen molar-refractivity contribution in [2.45, 2.75) is 49.4 Å². The molecular formula is C51H38N4. The molecule has 0 saturated heterocycles. The zero-order valence-corrected chi connectivity index (χ0v) is 30.5. The largest absolute Gasteiger partial charge is 0.208 e. The van der Waals surface area contributed by atoms with Gasteiger partial charge in [-0.1, -0.05) is 121 Å². The maximum atomic E-state index is 10.0. The molecular weight excluding hydrogens is 669 g/mol. The molecule has 4 fully saturated rings. The van der Waals surface area contributed by atoms with Crippen molar-refractivity contribution in [3.05, 3.63) is 173 Å². The summed E-state index contributed by atoms with van der Waals surface area (Å²) in [6, 6.07) is 52.4. The molecule has 7 aromatic rings. The topological polar surface area (TPSA) is 62.5 Å². The maximum Gasteiger partial charge on any atom is 0.164 e. The van der Waals surface area contributed by atoms with E-state index in [0.29, 0.717) is 28.5 Å². The Morgan fingerprint density at radius 3 is 1.60 bits per heavy atom. The van der Waals surface area contributed by atoms with Crippen molar-refractivity contribution in [2.75, 3.05) is 0 Å². The molecule has 1 unspecified atom stereocenters. The average Bonchev–Trinajstić information content (AvgIpc) is 3.70. The summed E-state index contributed by atoms with van der Waals surface area (Å²) in [6.07, 6.45) is 8.41. The summed E-state index contributed by atoms with van der Waals surface area (Å²) >= 11 is 0. The molecule has 1 atom stereocenters. The third kappa shape index (κ3) is 4.41. The molecule has 1 aromatic heterocycles. The first-order valence-corrected chi connectivity index (χ1v) is 19.9. The predicted octanol–water partition coefficient (Wildman–Crippen LogP) is 11.6. The quantitative estimate of drug-likeness (QED) is 0.183. The van der Waals surface area contributed by atoms with E-state index in [-0.39, 0.29) is 0 Å². The van der Waals surface area contributed by atoms with Crippen LogP contribution in [-0.2, 0) is 10.8 Å².